The number of aryl methyl sites for hydroxylation is 2. The summed E-state index contributed by atoms with van der Waals surface area (Å²) >= 11 is 0. The highest BCUT2D eigenvalue weighted by molar-refractivity contribution is 5.31. The van der Waals surface area contributed by atoms with Crippen LogP contribution in [0.3, 0.4) is 0 Å². The molecule has 0 radical (unpaired) electrons. The van der Waals surface area contributed by atoms with Crippen molar-refractivity contribution in [3.63, 3.8) is 0 Å². The van der Waals surface area contributed by atoms with E-state index in [1.807, 2.05) is 12.1 Å². The highest BCUT2D eigenvalue weighted by Gasteiger charge is 2.12. The van der Waals surface area contributed by atoms with Crippen LogP contribution in [0.15, 0.2) is 55.6 Å². The van der Waals surface area contributed by atoms with Crippen molar-refractivity contribution < 1.29 is 9.13 Å². The van der Waals surface area contributed by atoms with Gasteiger partial charge in [0.15, 0.2) is 0 Å². The molecule has 3 heterocycles. The SMILES string of the molecule is CCCC[n+]1ccn(-c2cccc(-n3cc[n+](CCCC)c3)n2)c1. The Bertz CT molecular complexity index is 710. The van der Waals surface area contributed by atoms with E-state index in [0.29, 0.717) is 0 Å². The van der Waals surface area contributed by atoms with E-state index in [1.54, 1.807) is 0 Å². The van der Waals surface area contributed by atoms with E-state index < -0.39 is 0 Å². The molecule has 0 saturated heterocycles. The molecule has 0 aliphatic carbocycles. The van der Waals surface area contributed by atoms with Crippen molar-refractivity contribution in [2.24, 2.45) is 0 Å². The van der Waals surface area contributed by atoms with E-state index in [0.717, 1.165) is 24.7 Å². The first-order valence-corrected chi connectivity index (χ1v) is 8.92. The average molecular weight is 325 g/mol. The van der Waals surface area contributed by atoms with Crippen molar-refractivity contribution in [3.05, 3.63) is 55.6 Å². The molecule has 0 spiro atoms. The van der Waals surface area contributed by atoms with Crippen LogP contribution in [-0.4, -0.2) is 14.1 Å². The Morgan fingerprint density at radius 3 is 1.79 bits per heavy atom. The minimum Gasteiger partial charge on any atom is -0.236 e. The van der Waals surface area contributed by atoms with Crippen LogP contribution in [-0.2, 0) is 13.1 Å². The lowest BCUT2D eigenvalue weighted by Crippen LogP contribution is -2.30. The van der Waals surface area contributed by atoms with Crippen molar-refractivity contribution in [3.8, 4) is 11.6 Å². The van der Waals surface area contributed by atoms with E-state index >= 15 is 0 Å². The van der Waals surface area contributed by atoms with Gasteiger partial charge in [-0.3, -0.25) is 0 Å². The summed E-state index contributed by atoms with van der Waals surface area (Å²) in [6, 6.07) is 6.15. The van der Waals surface area contributed by atoms with Crippen molar-refractivity contribution in [2.45, 2.75) is 52.6 Å². The van der Waals surface area contributed by atoms with Gasteiger partial charge >= 0.3 is 0 Å². The second-order valence-corrected chi connectivity index (χ2v) is 6.18. The lowest BCUT2D eigenvalue weighted by atomic mass is 10.3. The first-order valence-electron chi connectivity index (χ1n) is 8.92. The predicted octanol–water partition coefficient (Wildman–Crippen LogP) is 2.84. The van der Waals surface area contributed by atoms with Crippen LogP contribution in [0.1, 0.15) is 39.5 Å². The third-order valence-corrected chi connectivity index (χ3v) is 4.17. The fourth-order valence-electron chi connectivity index (χ4n) is 2.71. The summed E-state index contributed by atoms with van der Waals surface area (Å²) in [5.74, 6) is 1.88. The van der Waals surface area contributed by atoms with Crippen molar-refractivity contribution in [1.82, 2.24) is 14.1 Å². The van der Waals surface area contributed by atoms with Crippen molar-refractivity contribution in [2.75, 3.05) is 0 Å². The maximum atomic E-state index is 4.80. The van der Waals surface area contributed by atoms with E-state index in [9.17, 15) is 0 Å². The molecule has 24 heavy (non-hydrogen) atoms. The third kappa shape index (κ3) is 3.91. The maximum Gasteiger partial charge on any atom is 0.250 e. The molecule has 0 aromatic carbocycles. The maximum absolute atomic E-state index is 4.80. The molecule has 0 N–H and O–H groups in total. The molecule has 0 saturated carbocycles. The number of hydrogen-bond donors (Lipinski definition) is 0. The Morgan fingerprint density at radius 2 is 1.33 bits per heavy atom. The second kappa shape index (κ2) is 7.90. The predicted molar refractivity (Wildman–Crippen MR) is 93.1 cm³/mol. The average Bonchev–Trinajstić information content (AvgIpc) is 3.28. The van der Waals surface area contributed by atoms with Crippen molar-refractivity contribution in [1.29, 1.82) is 0 Å². The van der Waals surface area contributed by atoms with Crippen LogP contribution in [0.4, 0.5) is 0 Å². The molecule has 0 bridgehead atoms. The van der Waals surface area contributed by atoms with Gasteiger partial charge in [0.1, 0.15) is 24.8 Å². The third-order valence-electron chi connectivity index (χ3n) is 4.17. The van der Waals surface area contributed by atoms with Crippen LogP contribution in [0.2, 0.25) is 0 Å². The topological polar surface area (TPSA) is 30.5 Å². The summed E-state index contributed by atoms with van der Waals surface area (Å²) in [6.07, 6.45) is 17.4. The minimum absolute atomic E-state index is 0.941. The van der Waals surface area contributed by atoms with Gasteiger partial charge < -0.3 is 0 Å². The van der Waals surface area contributed by atoms with Gasteiger partial charge in [-0.15, -0.1) is 0 Å². The zero-order chi connectivity index (χ0) is 16.8. The van der Waals surface area contributed by atoms with Gasteiger partial charge in [-0.05, 0) is 12.8 Å². The number of unbranched alkanes of at least 4 members (excludes halogenated alkanes) is 2. The summed E-state index contributed by atoms with van der Waals surface area (Å²) in [7, 11) is 0. The zero-order valence-corrected chi connectivity index (χ0v) is 14.7. The smallest absolute Gasteiger partial charge is 0.236 e. The molecular weight excluding hydrogens is 298 g/mol. The minimum atomic E-state index is 0.941. The summed E-state index contributed by atoms with van der Waals surface area (Å²) in [4.78, 5) is 4.80. The van der Waals surface area contributed by atoms with Crippen LogP contribution >= 0.6 is 0 Å². The molecule has 5 nitrogen and oxygen atoms in total. The van der Waals surface area contributed by atoms with Gasteiger partial charge in [0.05, 0.1) is 13.1 Å². The molecule has 0 aliphatic rings. The first kappa shape index (κ1) is 16.4. The van der Waals surface area contributed by atoms with Crippen LogP contribution in [0, 0.1) is 0 Å². The number of nitrogens with zero attached hydrogens (tertiary/aromatic N) is 5. The first-order chi connectivity index (χ1) is 11.8. The molecule has 3 aromatic rings. The number of hydrogen-bond acceptors (Lipinski definition) is 1. The summed E-state index contributed by atoms with van der Waals surface area (Å²) in [5.41, 5.74) is 0. The van der Waals surface area contributed by atoms with Gasteiger partial charge in [0, 0.05) is 12.1 Å². The summed E-state index contributed by atoms with van der Waals surface area (Å²) in [6.45, 7) is 6.54. The van der Waals surface area contributed by atoms with Gasteiger partial charge in [0.2, 0.25) is 24.3 Å². The van der Waals surface area contributed by atoms with Gasteiger partial charge in [0.25, 0.3) is 0 Å². The van der Waals surface area contributed by atoms with Crippen LogP contribution < -0.4 is 9.13 Å². The molecule has 0 fully saturated rings. The monoisotopic (exact) mass is 325 g/mol. The molecule has 0 unspecified atom stereocenters. The zero-order valence-electron chi connectivity index (χ0n) is 14.7. The van der Waals surface area contributed by atoms with Gasteiger partial charge in [-0.1, -0.05) is 32.8 Å². The number of pyridine rings is 1. The van der Waals surface area contributed by atoms with Crippen LogP contribution in [0.25, 0.3) is 11.6 Å². The Hall–Kier alpha value is -2.43. The molecule has 3 aromatic heterocycles. The fraction of sp³-hybridized carbons (Fsp3) is 0.421. The normalized spacial score (nSPS) is 11.1. The number of rotatable bonds is 8. The Balaban J connectivity index is 1.78. The largest absolute Gasteiger partial charge is 0.250 e. The highest BCUT2D eigenvalue weighted by Crippen LogP contribution is 2.08. The molecule has 0 amide bonds. The van der Waals surface area contributed by atoms with E-state index in [1.165, 1.54) is 25.7 Å². The quantitative estimate of drug-likeness (QED) is 0.586. The lowest BCUT2D eigenvalue weighted by molar-refractivity contribution is -0.696. The Kier molecular flexibility index (Phi) is 5.41. The van der Waals surface area contributed by atoms with Gasteiger partial charge in [-0.25, -0.2) is 9.13 Å². The number of imidazole rings is 2. The summed E-state index contributed by atoms with van der Waals surface area (Å²) in [5, 5.41) is 0. The Morgan fingerprint density at radius 1 is 0.833 bits per heavy atom. The molecule has 0 aliphatic heterocycles. The van der Waals surface area contributed by atoms with E-state index in [-0.39, 0.29) is 0 Å². The van der Waals surface area contributed by atoms with E-state index in [2.05, 4.69) is 75.6 Å². The van der Waals surface area contributed by atoms with Gasteiger partial charge in [-0.2, -0.15) is 14.1 Å². The molecule has 126 valence electrons. The number of aromatic nitrogens is 5. The highest BCUT2D eigenvalue weighted by atomic mass is 15.2. The van der Waals surface area contributed by atoms with E-state index in [4.69, 9.17) is 4.98 Å². The summed E-state index contributed by atoms with van der Waals surface area (Å²) < 4.78 is 8.58. The molecular formula is C19H27N5+2. The standard InChI is InChI=1S/C19H27N5/c1-3-5-10-21-12-14-23(16-21)18-8-7-9-19(20-18)24-15-13-22(17-24)11-6-4-2/h7-9,12-17H,3-6,10-11H2,1-2H3/q+2. The Labute approximate surface area is 143 Å². The molecule has 5 heteroatoms. The second-order valence-electron chi connectivity index (χ2n) is 6.18. The molecule has 0 atom stereocenters. The molecule has 3 rings (SSSR count). The lowest BCUT2D eigenvalue weighted by Gasteiger charge is -1.98. The fourth-order valence-corrected chi connectivity index (χ4v) is 2.71. The van der Waals surface area contributed by atoms with Crippen molar-refractivity contribution >= 4 is 0 Å². The van der Waals surface area contributed by atoms with Crippen LogP contribution in [0.5, 0.6) is 0 Å².